The minimum Gasteiger partial charge on any atom is -0.483 e. The van der Waals surface area contributed by atoms with Crippen LogP contribution in [0.2, 0.25) is 0 Å². The summed E-state index contributed by atoms with van der Waals surface area (Å²) in [4.78, 5) is 12.1. The lowest BCUT2D eigenvalue weighted by Gasteiger charge is -2.13. The van der Waals surface area contributed by atoms with E-state index in [2.05, 4.69) is 10.6 Å². The molecule has 0 spiro atoms. The number of hydrogen-bond donors (Lipinski definition) is 2. The molecule has 0 aliphatic heterocycles. The van der Waals surface area contributed by atoms with Crippen LogP contribution in [-0.4, -0.2) is 31.8 Å². The first-order valence-corrected chi connectivity index (χ1v) is 9.44. The predicted octanol–water partition coefficient (Wildman–Crippen LogP) is 3.92. The summed E-state index contributed by atoms with van der Waals surface area (Å²) >= 11 is 0. The third kappa shape index (κ3) is 8.24. The molecule has 2 N–H and O–H groups in total. The summed E-state index contributed by atoms with van der Waals surface area (Å²) in [6, 6.07) is 15.5. The molecule has 1 amide bonds. The number of carbonyl (C=O) groups is 1. The van der Waals surface area contributed by atoms with Crippen LogP contribution < -0.4 is 15.4 Å². The van der Waals surface area contributed by atoms with Crippen molar-refractivity contribution in [3.05, 3.63) is 59.7 Å². The van der Waals surface area contributed by atoms with E-state index in [1.807, 2.05) is 69.3 Å². The van der Waals surface area contributed by atoms with Crippen molar-refractivity contribution in [2.45, 2.75) is 39.8 Å². The Bertz CT molecular complexity index is 699. The fourth-order valence-corrected chi connectivity index (χ4v) is 2.51. The molecule has 2 aromatic carbocycles. The highest BCUT2D eigenvalue weighted by molar-refractivity contribution is 5.91. The van der Waals surface area contributed by atoms with Crippen LogP contribution in [0.5, 0.6) is 5.75 Å². The maximum absolute atomic E-state index is 12.1. The molecule has 0 aliphatic rings. The predicted molar refractivity (Wildman–Crippen MR) is 109 cm³/mol. The van der Waals surface area contributed by atoms with Crippen molar-refractivity contribution >= 4 is 11.6 Å². The van der Waals surface area contributed by atoms with E-state index in [0.29, 0.717) is 6.54 Å². The second kappa shape index (κ2) is 11.4. The number of anilines is 1. The van der Waals surface area contributed by atoms with Crippen LogP contribution in [0, 0.1) is 6.92 Å². The minimum atomic E-state index is -0.174. The number of ether oxygens (including phenoxy) is 2. The molecule has 0 fully saturated rings. The number of nitrogens with one attached hydrogen (secondary N) is 2. The molecule has 0 atom stereocenters. The Morgan fingerprint density at radius 3 is 2.56 bits per heavy atom. The van der Waals surface area contributed by atoms with E-state index < -0.39 is 0 Å². The van der Waals surface area contributed by atoms with Crippen LogP contribution >= 0.6 is 0 Å². The Hall–Kier alpha value is -2.37. The number of amides is 1. The Balaban J connectivity index is 1.75. The first kappa shape index (κ1) is 20.9. The lowest BCUT2D eigenvalue weighted by atomic mass is 10.2. The molecule has 0 heterocycles. The highest BCUT2D eigenvalue weighted by atomic mass is 16.5. The average Bonchev–Trinajstić information content (AvgIpc) is 2.65. The van der Waals surface area contributed by atoms with Gasteiger partial charge in [0.05, 0.1) is 6.10 Å². The highest BCUT2D eigenvalue weighted by Gasteiger charge is 2.07. The standard InChI is InChI=1S/C22H30N2O3/c1-17(2)26-14-6-13-23-15-19-7-4-5-8-21(19)27-16-22(25)24-20-11-9-18(3)10-12-20/h4-5,7-12,17,23H,6,13-16H2,1-3H3,(H,24,25). The molecular formula is C22H30N2O3. The summed E-state index contributed by atoms with van der Waals surface area (Å²) in [7, 11) is 0. The van der Waals surface area contributed by atoms with Crippen LogP contribution in [0.25, 0.3) is 0 Å². The van der Waals surface area contributed by atoms with Crippen molar-refractivity contribution in [1.29, 1.82) is 0 Å². The van der Waals surface area contributed by atoms with Gasteiger partial charge in [-0.1, -0.05) is 35.9 Å². The monoisotopic (exact) mass is 370 g/mol. The second-order valence-corrected chi connectivity index (χ2v) is 6.76. The van der Waals surface area contributed by atoms with E-state index in [9.17, 15) is 4.79 Å². The molecule has 5 nitrogen and oxygen atoms in total. The van der Waals surface area contributed by atoms with Gasteiger partial charge in [0.2, 0.25) is 0 Å². The SMILES string of the molecule is Cc1ccc(NC(=O)COc2ccccc2CNCCCOC(C)C)cc1. The smallest absolute Gasteiger partial charge is 0.262 e. The number of para-hydroxylation sites is 1. The number of aryl methyl sites for hydroxylation is 1. The molecule has 0 bridgehead atoms. The molecule has 2 aromatic rings. The third-order valence-electron chi connectivity index (χ3n) is 3.93. The summed E-state index contributed by atoms with van der Waals surface area (Å²) in [6.45, 7) is 8.38. The Morgan fingerprint density at radius 1 is 1.07 bits per heavy atom. The van der Waals surface area contributed by atoms with Crippen molar-refractivity contribution in [2.75, 3.05) is 25.1 Å². The molecule has 0 radical (unpaired) electrons. The Morgan fingerprint density at radius 2 is 1.81 bits per heavy atom. The zero-order chi connectivity index (χ0) is 19.5. The maximum atomic E-state index is 12.1. The Labute approximate surface area is 162 Å². The van der Waals surface area contributed by atoms with E-state index in [1.165, 1.54) is 0 Å². The lowest BCUT2D eigenvalue weighted by molar-refractivity contribution is -0.118. The van der Waals surface area contributed by atoms with E-state index in [0.717, 1.165) is 42.1 Å². The molecule has 0 saturated heterocycles. The van der Waals surface area contributed by atoms with Gasteiger partial charge in [-0.05, 0) is 51.9 Å². The van der Waals surface area contributed by atoms with Gasteiger partial charge in [-0.2, -0.15) is 0 Å². The van der Waals surface area contributed by atoms with Gasteiger partial charge in [0, 0.05) is 24.4 Å². The summed E-state index contributed by atoms with van der Waals surface area (Å²) in [5.41, 5.74) is 2.96. The quantitative estimate of drug-likeness (QED) is 0.589. The first-order valence-electron chi connectivity index (χ1n) is 9.44. The van der Waals surface area contributed by atoms with Crippen molar-refractivity contribution in [3.8, 4) is 5.75 Å². The van der Waals surface area contributed by atoms with Gasteiger partial charge in [0.25, 0.3) is 5.91 Å². The fourth-order valence-electron chi connectivity index (χ4n) is 2.51. The molecule has 27 heavy (non-hydrogen) atoms. The molecule has 0 saturated carbocycles. The zero-order valence-corrected chi connectivity index (χ0v) is 16.5. The van der Waals surface area contributed by atoms with E-state index in [4.69, 9.17) is 9.47 Å². The molecule has 146 valence electrons. The van der Waals surface area contributed by atoms with Gasteiger partial charge >= 0.3 is 0 Å². The fraction of sp³-hybridized carbons (Fsp3) is 0.409. The third-order valence-corrected chi connectivity index (χ3v) is 3.93. The summed E-state index contributed by atoms with van der Waals surface area (Å²) in [5, 5.41) is 6.23. The van der Waals surface area contributed by atoms with Crippen LogP contribution in [-0.2, 0) is 16.1 Å². The number of benzene rings is 2. The highest BCUT2D eigenvalue weighted by Crippen LogP contribution is 2.18. The molecule has 5 heteroatoms. The molecule has 0 unspecified atom stereocenters. The van der Waals surface area contributed by atoms with Gasteiger partial charge in [-0.3, -0.25) is 4.79 Å². The summed E-state index contributed by atoms with van der Waals surface area (Å²) in [5.74, 6) is 0.551. The largest absolute Gasteiger partial charge is 0.483 e. The van der Waals surface area contributed by atoms with Gasteiger partial charge in [-0.15, -0.1) is 0 Å². The second-order valence-electron chi connectivity index (χ2n) is 6.76. The van der Waals surface area contributed by atoms with E-state index in [1.54, 1.807) is 0 Å². The van der Waals surface area contributed by atoms with Crippen molar-refractivity contribution in [2.24, 2.45) is 0 Å². The van der Waals surface area contributed by atoms with Gasteiger partial charge in [-0.25, -0.2) is 0 Å². The average molecular weight is 370 g/mol. The number of rotatable bonds is 11. The summed E-state index contributed by atoms with van der Waals surface area (Å²) < 4.78 is 11.3. The normalized spacial score (nSPS) is 10.8. The topological polar surface area (TPSA) is 59.6 Å². The molecule has 0 aliphatic carbocycles. The number of hydrogen-bond acceptors (Lipinski definition) is 4. The Kier molecular flexibility index (Phi) is 8.81. The maximum Gasteiger partial charge on any atom is 0.262 e. The summed E-state index contributed by atoms with van der Waals surface area (Å²) in [6.07, 6.45) is 1.23. The zero-order valence-electron chi connectivity index (χ0n) is 16.5. The van der Waals surface area contributed by atoms with Gasteiger partial charge < -0.3 is 20.1 Å². The van der Waals surface area contributed by atoms with Crippen molar-refractivity contribution in [1.82, 2.24) is 5.32 Å². The lowest BCUT2D eigenvalue weighted by Crippen LogP contribution is -2.21. The molecular weight excluding hydrogens is 340 g/mol. The van der Waals surface area contributed by atoms with Crippen LogP contribution in [0.3, 0.4) is 0 Å². The van der Waals surface area contributed by atoms with Crippen LogP contribution in [0.4, 0.5) is 5.69 Å². The van der Waals surface area contributed by atoms with Crippen molar-refractivity contribution < 1.29 is 14.3 Å². The molecule has 0 aromatic heterocycles. The minimum absolute atomic E-state index is 0.0207. The van der Waals surface area contributed by atoms with Crippen LogP contribution in [0.1, 0.15) is 31.4 Å². The first-order chi connectivity index (χ1) is 13.0. The van der Waals surface area contributed by atoms with Gasteiger partial charge in [0.15, 0.2) is 6.61 Å². The van der Waals surface area contributed by atoms with E-state index in [-0.39, 0.29) is 18.6 Å². The van der Waals surface area contributed by atoms with Crippen LogP contribution in [0.15, 0.2) is 48.5 Å². The van der Waals surface area contributed by atoms with E-state index >= 15 is 0 Å². The molecule has 2 rings (SSSR count). The number of carbonyl (C=O) groups excluding carboxylic acids is 1. The van der Waals surface area contributed by atoms with Crippen molar-refractivity contribution in [3.63, 3.8) is 0 Å². The van der Waals surface area contributed by atoms with Gasteiger partial charge in [0.1, 0.15) is 5.75 Å².